The topological polar surface area (TPSA) is 113 Å². The zero-order valence-corrected chi connectivity index (χ0v) is 23.0. The van der Waals surface area contributed by atoms with Crippen LogP contribution >= 0.6 is 22.6 Å². The first-order valence-electron chi connectivity index (χ1n) is 11.5. The Labute approximate surface area is 237 Å². The lowest BCUT2D eigenvalue weighted by Crippen LogP contribution is -2.42. The minimum atomic E-state index is -4.54. The number of hydrogen-bond donors (Lipinski definition) is 3. The molecule has 0 radical (unpaired) electrons. The molecule has 4 aromatic carbocycles. The van der Waals surface area contributed by atoms with Gasteiger partial charge in [-0.15, -0.1) is 0 Å². The number of carbonyl (C=O) groups excluding carboxylic acids is 1. The van der Waals surface area contributed by atoms with Gasteiger partial charge in [0.05, 0.1) is 11.3 Å². The molecule has 1 amide bonds. The average Bonchev–Trinajstić information content (AvgIpc) is 2.89. The lowest BCUT2D eigenvalue weighted by molar-refractivity contribution is -0.139. The molecule has 0 aliphatic heterocycles. The van der Waals surface area contributed by atoms with Gasteiger partial charge in [0.15, 0.2) is 0 Å². The monoisotopic (exact) mass is 662 g/mol. The summed E-state index contributed by atoms with van der Waals surface area (Å²) in [6, 6.07) is 21.7. The molecular weight excluding hydrogens is 641 g/mol. The molecule has 39 heavy (non-hydrogen) atoms. The number of amides is 1. The van der Waals surface area contributed by atoms with E-state index in [2.05, 4.69) is 10.0 Å². The molecule has 0 aromatic heterocycles. The van der Waals surface area contributed by atoms with E-state index in [-0.39, 0.29) is 17.7 Å². The van der Waals surface area contributed by atoms with Crippen LogP contribution in [0.2, 0.25) is 0 Å². The predicted octanol–water partition coefficient (Wildman–Crippen LogP) is 5.46. The fraction of sp³-hybridized carbons (Fsp3) is 0.0714. The fourth-order valence-electron chi connectivity index (χ4n) is 3.82. The Balaban J connectivity index is 1.55. The first-order valence-corrected chi connectivity index (χ1v) is 14.0. The van der Waals surface area contributed by atoms with Gasteiger partial charge in [-0.3, -0.25) is 9.52 Å². The summed E-state index contributed by atoms with van der Waals surface area (Å²) in [6.07, 6.45) is -0.0259. The van der Waals surface area contributed by atoms with Crippen LogP contribution < -0.4 is 10.0 Å². The van der Waals surface area contributed by atoms with Crippen molar-refractivity contribution in [3.8, 4) is 11.1 Å². The summed E-state index contributed by atoms with van der Waals surface area (Å²) >= 11 is 1.91. The molecule has 0 fully saturated rings. The van der Waals surface area contributed by atoms with Crippen molar-refractivity contribution in [2.24, 2.45) is 0 Å². The standard InChI is InChI=1S/C28H21F2IN2O5S/c29-20-10-13-26(23(30)15-20)39(37,38)33-24-12-11-21(31)16-22(24)27(34)32-25(28(35)36)14-17-6-8-19(9-7-17)18-4-2-1-3-5-18/h1-13,15-16,25,33H,14H2,(H,32,34)(H,35,36)/t25-/m0/s1. The molecule has 0 bridgehead atoms. The van der Waals surface area contributed by atoms with E-state index >= 15 is 0 Å². The minimum Gasteiger partial charge on any atom is -0.480 e. The van der Waals surface area contributed by atoms with Crippen molar-refractivity contribution in [2.75, 3.05) is 4.72 Å². The summed E-state index contributed by atoms with van der Waals surface area (Å²) in [5.74, 6) is -4.38. The zero-order valence-electron chi connectivity index (χ0n) is 20.1. The highest BCUT2D eigenvalue weighted by atomic mass is 127. The minimum absolute atomic E-state index is 0.0259. The highest BCUT2D eigenvalue weighted by Crippen LogP contribution is 2.25. The van der Waals surface area contributed by atoms with Crippen LogP contribution in [-0.4, -0.2) is 31.4 Å². The number of benzene rings is 4. The molecule has 4 rings (SSSR count). The summed E-state index contributed by atoms with van der Waals surface area (Å²) in [6.45, 7) is 0. The number of anilines is 1. The van der Waals surface area contributed by atoms with Crippen molar-refractivity contribution in [1.29, 1.82) is 0 Å². The van der Waals surface area contributed by atoms with E-state index in [1.165, 1.54) is 18.2 Å². The molecule has 200 valence electrons. The van der Waals surface area contributed by atoms with Crippen LogP contribution in [0.25, 0.3) is 11.1 Å². The van der Waals surface area contributed by atoms with E-state index in [9.17, 15) is 31.9 Å². The Kier molecular flexibility index (Phi) is 8.60. The number of rotatable bonds is 9. The summed E-state index contributed by atoms with van der Waals surface area (Å²) in [4.78, 5) is 24.3. The second-order valence-electron chi connectivity index (χ2n) is 8.50. The molecule has 0 heterocycles. The molecule has 11 heteroatoms. The summed E-state index contributed by atoms with van der Waals surface area (Å²) in [5, 5.41) is 12.2. The van der Waals surface area contributed by atoms with Crippen molar-refractivity contribution >= 4 is 50.2 Å². The third-order valence-corrected chi connectivity index (χ3v) is 7.83. The van der Waals surface area contributed by atoms with Crippen molar-refractivity contribution < 1.29 is 31.9 Å². The molecule has 3 N–H and O–H groups in total. The van der Waals surface area contributed by atoms with Crippen molar-refractivity contribution in [2.45, 2.75) is 17.4 Å². The molecular formula is C28H21F2IN2O5S. The molecule has 7 nitrogen and oxygen atoms in total. The van der Waals surface area contributed by atoms with Gasteiger partial charge in [0.1, 0.15) is 22.6 Å². The van der Waals surface area contributed by atoms with Crippen LogP contribution in [0.5, 0.6) is 0 Å². The van der Waals surface area contributed by atoms with Gasteiger partial charge < -0.3 is 10.4 Å². The molecule has 1 atom stereocenters. The maximum atomic E-state index is 14.2. The Morgan fingerprint density at radius 2 is 1.54 bits per heavy atom. The summed E-state index contributed by atoms with van der Waals surface area (Å²) in [7, 11) is -4.54. The predicted molar refractivity (Wildman–Crippen MR) is 151 cm³/mol. The van der Waals surface area contributed by atoms with E-state index < -0.39 is 44.5 Å². The maximum absolute atomic E-state index is 14.2. The Hall–Kier alpha value is -3.84. The lowest BCUT2D eigenvalue weighted by Gasteiger charge is -2.18. The third kappa shape index (κ3) is 6.98. The van der Waals surface area contributed by atoms with Gasteiger partial charge in [0, 0.05) is 16.1 Å². The zero-order chi connectivity index (χ0) is 28.2. The molecule has 0 saturated carbocycles. The van der Waals surface area contributed by atoms with Crippen molar-refractivity contribution in [3.63, 3.8) is 0 Å². The van der Waals surface area contributed by atoms with Gasteiger partial charge >= 0.3 is 5.97 Å². The van der Waals surface area contributed by atoms with E-state index in [1.54, 1.807) is 12.1 Å². The summed E-state index contributed by atoms with van der Waals surface area (Å²) < 4.78 is 55.7. The van der Waals surface area contributed by atoms with Gasteiger partial charge in [0.2, 0.25) is 0 Å². The number of hydrogen-bond acceptors (Lipinski definition) is 4. The second kappa shape index (κ2) is 11.9. The van der Waals surface area contributed by atoms with Crippen LogP contribution in [0.15, 0.2) is 95.9 Å². The molecule has 4 aromatic rings. The van der Waals surface area contributed by atoms with Gasteiger partial charge in [-0.05, 0) is 69.6 Å². The molecule has 0 aliphatic rings. The van der Waals surface area contributed by atoms with E-state index in [1.807, 2.05) is 65.1 Å². The highest BCUT2D eigenvalue weighted by molar-refractivity contribution is 14.1. The quantitative estimate of drug-likeness (QED) is 0.206. The van der Waals surface area contributed by atoms with Gasteiger partial charge in [-0.25, -0.2) is 22.0 Å². The Morgan fingerprint density at radius 1 is 0.872 bits per heavy atom. The Bertz CT molecular complexity index is 1630. The number of aliphatic carboxylic acids is 1. The van der Waals surface area contributed by atoms with E-state index in [0.717, 1.165) is 23.3 Å². The second-order valence-corrected chi connectivity index (χ2v) is 11.4. The lowest BCUT2D eigenvalue weighted by atomic mass is 10.0. The number of nitrogens with one attached hydrogen (secondary N) is 2. The smallest absolute Gasteiger partial charge is 0.326 e. The van der Waals surface area contributed by atoms with E-state index in [0.29, 0.717) is 15.2 Å². The van der Waals surface area contributed by atoms with Gasteiger partial charge in [-0.2, -0.15) is 0 Å². The molecule has 0 spiro atoms. The van der Waals surface area contributed by atoms with Gasteiger partial charge in [0.25, 0.3) is 15.9 Å². The van der Waals surface area contributed by atoms with Crippen LogP contribution in [0.4, 0.5) is 14.5 Å². The SMILES string of the molecule is O=C(N[C@@H](Cc1ccc(-c2ccccc2)cc1)C(=O)O)c1cc(I)ccc1NS(=O)(=O)c1ccc(F)cc1F. The molecule has 0 aliphatic carbocycles. The third-order valence-electron chi connectivity index (χ3n) is 5.76. The fourth-order valence-corrected chi connectivity index (χ4v) is 5.45. The van der Waals surface area contributed by atoms with Crippen molar-refractivity contribution in [1.82, 2.24) is 5.32 Å². The van der Waals surface area contributed by atoms with Crippen LogP contribution in [-0.2, 0) is 21.2 Å². The number of sulfonamides is 1. The first kappa shape index (κ1) is 28.2. The van der Waals surface area contributed by atoms with Crippen LogP contribution in [0.3, 0.4) is 0 Å². The Morgan fingerprint density at radius 3 is 2.18 bits per heavy atom. The number of carbonyl (C=O) groups is 2. The summed E-state index contributed by atoms with van der Waals surface area (Å²) in [5.41, 5.74) is 2.24. The molecule has 0 saturated heterocycles. The highest BCUT2D eigenvalue weighted by Gasteiger charge is 2.26. The first-order chi connectivity index (χ1) is 18.5. The molecule has 0 unspecified atom stereocenters. The van der Waals surface area contributed by atoms with E-state index in [4.69, 9.17) is 0 Å². The van der Waals surface area contributed by atoms with Crippen molar-refractivity contribution in [3.05, 3.63) is 117 Å². The van der Waals surface area contributed by atoms with Gasteiger partial charge in [-0.1, -0.05) is 54.6 Å². The van der Waals surface area contributed by atoms with Crippen LogP contribution in [0.1, 0.15) is 15.9 Å². The number of halogens is 3. The average molecular weight is 662 g/mol. The number of carboxylic acid groups (broad SMARTS) is 1. The largest absolute Gasteiger partial charge is 0.480 e. The maximum Gasteiger partial charge on any atom is 0.326 e. The number of carboxylic acids is 1. The normalized spacial score (nSPS) is 12.0. The van der Waals surface area contributed by atoms with Crippen LogP contribution in [0, 0.1) is 15.2 Å².